The van der Waals surface area contributed by atoms with Gasteiger partial charge in [0, 0.05) is 12.1 Å². The predicted octanol–water partition coefficient (Wildman–Crippen LogP) is 1.71. The van der Waals surface area contributed by atoms with Gasteiger partial charge in [-0.25, -0.2) is 4.79 Å². The number of benzene rings is 1. The molecule has 0 aliphatic carbocycles. The van der Waals surface area contributed by atoms with Gasteiger partial charge in [0.2, 0.25) is 0 Å². The largest absolute Gasteiger partial charge is 0.508 e. The smallest absolute Gasteiger partial charge is 0.407 e. The van der Waals surface area contributed by atoms with Crippen LogP contribution in [0, 0.1) is 0 Å². The summed E-state index contributed by atoms with van der Waals surface area (Å²) in [7, 11) is 1.46. The first-order valence-corrected chi connectivity index (χ1v) is 7.34. The van der Waals surface area contributed by atoms with Crippen LogP contribution < -0.4 is 10.1 Å². The lowest BCUT2D eigenvalue weighted by atomic mass is 10.0. The van der Waals surface area contributed by atoms with Crippen LogP contribution in [-0.2, 0) is 4.74 Å². The first-order chi connectivity index (χ1) is 10.6. The van der Waals surface area contributed by atoms with E-state index in [0.717, 1.165) is 0 Å². The van der Waals surface area contributed by atoms with Gasteiger partial charge in [-0.2, -0.15) is 0 Å². The molecule has 0 saturated heterocycles. The minimum Gasteiger partial charge on any atom is -0.508 e. The van der Waals surface area contributed by atoms with Crippen molar-refractivity contribution in [3.05, 3.63) is 23.8 Å². The molecule has 1 aromatic carbocycles. The van der Waals surface area contributed by atoms with Crippen molar-refractivity contribution in [1.82, 2.24) is 5.32 Å². The van der Waals surface area contributed by atoms with Crippen molar-refractivity contribution in [2.45, 2.75) is 45.0 Å². The summed E-state index contributed by atoms with van der Waals surface area (Å²) in [4.78, 5) is 11.5. The Kier molecular flexibility index (Phi) is 6.65. The molecule has 23 heavy (non-hydrogen) atoms. The number of phenols is 1. The summed E-state index contributed by atoms with van der Waals surface area (Å²) >= 11 is 0. The lowest BCUT2D eigenvalue weighted by Crippen LogP contribution is -2.34. The average molecular weight is 327 g/mol. The van der Waals surface area contributed by atoms with Gasteiger partial charge in [0.1, 0.15) is 23.2 Å². The summed E-state index contributed by atoms with van der Waals surface area (Å²) in [6, 6.07) is 4.37. The van der Waals surface area contributed by atoms with Gasteiger partial charge in [0.25, 0.3) is 0 Å². The number of hydrogen-bond acceptors (Lipinski definition) is 6. The highest BCUT2D eigenvalue weighted by Crippen LogP contribution is 2.30. The molecule has 0 saturated carbocycles. The van der Waals surface area contributed by atoms with Crippen molar-refractivity contribution in [2.75, 3.05) is 13.7 Å². The molecule has 2 atom stereocenters. The Balaban J connectivity index is 2.54. The van der Waals surface area contributed by atoms with E-state index in [1.54, 1.807) is 26.8 Å². The number of aliphatic hydroxyl groups excluding tert-OH is 2. The van der Waals surface area contributed by atoms with Crippen LogP contribution in [-0.4, -0.2) is 46.8 Å². The van der Waals surface area contributed by atoms with Gasteiger partial charge in [0.15, 0.2) is 0 Å². The summed E-state index contributed by atoms with van der Waals surface area (Å²) < 4.78 is 10.1. The maximum atomic E-state index is 11.5. The van der Waals surface area contributed by atoms with E-state index in [1.807, 2.05) is 0 Å². The van der Waals surface area contributed by atoms with E-state index in [0.29, 0.717) is 5.75 Å². The molecule has 0 heterocycles. The summed E-state index contributed by atoms with van der Waals surface area (Å²) in [5.41, 5.74) is -0.441. The summed E-state index contributed by atoms with van der Waals surface area (Å²) in [6.07, 6.45) is -2.96. The molecule has 7 nitrogen and oxygen atoms in total. The molecule has 0 spiro atoms. The van der Waals surface area contributed by atoms with Crippen LogP contribution in [0.3, 0.4) is 0 Å². The van der Waals surface area contributed by atoms with Crippen molar-refractivity contribution in [1.29, 1.82) is 0 Å². The van der Waals surface area contributed by atoms with E-state index in [4.69, 9.17) is 9.47 Å². The molecule has 0 aliphatic rings. The number of alkyl carbamates (subject to hydrolysis) is 1. The van der Waals surface area contributed by atoms with Crippen LogP contribution in [0.2, 0.25) is 0 Å². The number of phenolic OH excluding ortho intramolecular Hbond substituents is 1. The Morgan fingerprint density at radius 3 is 2.52 bits per heavy atom. The minimum absolute atomic E-state index is 0.0943. The second kappa shape index (κ2) is 8.03. The van der Waals surface area contributed by atoms with E-state index in [9.17, 15) is 20.1 Å². The molecule has 0 aromatic heterocycles. The fraction of sp³-hybridized carbons (Fsp3) is 0.562. The number of aromatic hydroxyl groups is 1. The number of amides is 1. The molecular weight excluding hydrogens is 302 g/mol. The van der Waals surface area contributed by atoms with Crippen LogP contribution in [0.5, 0.6) is 11.5 Å². The normalized spacial score (nSPS) is 14.0. The van der Waals surface area contributed by atoms with Crippen molar-refractivity contribution < 1.29 is 29.6 Å². The van der Waals surface area contributed by atoms with Gasteiger partial charge >= 0.3 is 6.09 Å². The molecule has 7 heteroatoms. The lowest BCUT2D eigenvalue weighted by Gasteiger charge is -2.21. The highest BCUT2D eigenvalue weighted by atomic mass is 16.6. The van der Waals surface area contributed by atoms with Gasteiger partial charge in [-0.1, -0.05) is 0 Å². The third kappa shape index (κ3) is 6.33. The number of nitrogens with one attached hydrogen (secondary N) is 1. The molecule has 1 aromatic rings. The van der Waals surface area contributed by atoms with E-state index < -0.39 is 23.9 Å². The van der Waals surface area contributed by atoms with Gasteiger partial charge in [-0.3, -0.25) is 0 Å². The molecule has 1 rings (SSSR count). The van der Waals surface area contributed by atoms with Gasteiger partial charge in [0.05, 0.1) is 13.2 Å². The molecular formula is C16H25NO6. The Morgan fingerprint density at radius 1 is 1.30 bits per heavy atom. The Hall–Kier alpha value is -1.99. The summed E-state index contributed by atoms with van der Waals surface area (Å²) in [5.74, 6) is 0.313. The van der Waals surface area contributed by atoms with Gasteiger partial charge < -0.3 is 30.1 Å². The van der Waals surface area contributed by atoms with Crippen molar-refractivity contribution in [2.24, 2.45) is 0 Å². The molecule has 2 unspecified atom stereocenters. The average Bonchev–Trinajstić information content (AvgIpc) is 2.45. The standard InChI is InChI=1S/C16H25NO6/c1-16(2,3)23-15(21)17-8-7-13(19)14(20)11-9-10(22-4)5-6-12(11)18/h5-6,9,13-14,18-20H,7-8H2,1-4H3,(H,17,21). The quantitative estimate of drug-likeness (QED) is 0.633. The van der Waals surface area contributed by atoms with Crippen molar-refractivity contribution in [3.63, 3.8) is 0 Å². The number of methoxy groups -OCH3 is 1. The number of carbonyl (C=O) groups excluding carboxylic acids is 1. The number of hydrogen-bond donors (Lipinski definition) is 4. The predicted molar refractivity (Wildman–Crippen MR) is 84.5 cm³/mol. The maximum absolute atomic E-state index is 11.5. The SMILES string of the molecule is COc1ccc(O)c(C(O)C(O)CCNC(=O)OC(C)(C)C)c1. The zero-order valence-electron chi connectivity index (χ0n) is 13.9. The lowest BCUT2D eigenvalue weighted by molar-refractivity contribution is 0.0110. The van der Waals surface area contributed by atoms with Crippen LogP contribution in [0.1, 0.15) is 38.9 Å². The molecule has 0 radical (unpaired) electrons. The third-order valence-electron chi connectivity index (χ3n) is 3.03. The monoisotopic (exact) mass is 327 g/mol. The Bertz CT molecular complexity index is 526. The fourth-order valence-electron chi connectivity index (χ4n) is 1.90. The van der Waals surface area contributed by atoms with Crippen LogP contribution in [0.15, 0.2) is 18.2 Å². The van der Waals surface area contributed by atoms with E-state index >= 15 is 0 Å². The fourth-order valence-corrected chi connectivity index (χ4v) is 1.90. The van der Waals surface area contributed by atoms with E-state index in [2.05, 4.69) is 5.32 Å². The maximum Gasteiger partial charge on any atom is 0.407 e. The molecule has 0 fully saturated rings. The number of aliphatic hydroxyl groups is 2. The second-order valence-corrected chi connectivity index (χ2v) is 6.15. The topological polar surface area (TPSA) is 108 Å². The van der Waals surface area contributed by atoms with Crippen LogP contribution in [0.4, 0.5) is 4.79 Å². The van der Waals surface area contributed by atoms with Gasteiger partial charge in [-0.15, -0.1) is 0 Å². The first-order valence-electron chi connectivity index (χ1n) is 7.34. The van der Waals surface area contributed by atoms with Crippen LogP contribution in [0.25, 0.3) is 0 Å². The zero-order chi connectivity index (χ0) is 17.6. The molecule has 1 amide bonds. The van der Waals surface area contributed by atoms with E-state index in [-0.39, 0.29) is 24.3 Å². The van der Waals surface area contributed by atoms with E-state index in [1.165, 1.54) is 19.2 Å². The number of carbonyl (C=O) groups is 1. The Morgan fingerprint density at radius 2 is 1.96 bits per heavy atom. The second-order valence-electron chi connectivity index (χ2n) is 6.15. The summed E-state index contributed by atoms with van der Waals surface area (Å²) in [6.45, 7) is 5.36. The molecule has 0 aliphatic heterocycles. The zero-order valence-corrected chi connectivity index (χ0v) is 13.9. The molecule has 4 N–H and O–H groups in total. The Labute approximate surface area is 135 Å². The summed E-state index contributed by atoms with van der Waals surface area (Å²) in [5, 5.41) is 32.4. The van der Waals surface area contributed by atoms with Crippen molar-refractivity contribution >= 4 is 6.09 Å². The first kappa shape index (κ1) is 19.1. The highest BCUT2D eigenvalue weighted by Gasteiger charge is 2.22. The number of rotatable bonds is 6. The molecule has 0 bridgehead atoms. The van der Waals surface area contributed by atoms with Gasteiger partial charge in [-0.05, 0) is 45.4 Å². The van der Waals surface area contributed by atoms with Crippen LogP contribution >= 0.6 is 0 Å². The van der Waals surface area contributed by atoms with Crippen molar-refractivity contribution in [3.8, 4) is 11.5 Å². The minimum atomic E-state index is -1.30. The third-order valence-corrected chi connectivity index (χ3v) is 3.03. The highest BCUT2D eigenvalue weighted by molar-refractivity contribution is 5.67. The molecule has 130 valence electrons. The number of ether oxygens (including phenoxy) is 2.